The first-order valence-corrected chi connectivity index (χ1v) is 10.9. The van der Waals surface area contributed by atoms with Crippen LogP contribution >= 0.6 is 11.3 Å². The molecule has 29 heavy (non-hydrogen) atoms. The van der Waals surface area contributed by atoms with Gasteiger partial charge in [0.15, 0.2) is 6.61 Å². The second-order valence-corrected chi connectivity index (χ2v) is 8.29. The standard InChI is InChI=1S/C22H25NO5S/c24-21(23-11-1-5-19(23)20-6-3-13-29-20)15-28-22(25)16-7-9-17(10-8-16)27-14-18-4-2-12-26-18/h3,6-10,13,18-19H,1-2,4-5,11-12,14-15H2. The Hall–Kier alpha value is -2.38. The van der Waals surface area contributed by atoms with Gasteiger partial charge in [-0.3, -0.25) is 4.79 Å². The maximum atomic E-state index is 12.6. The Bertz CT molecular complexity index is 814. The molecule has 0 saturated carbocycles. The Morgan fingerprint density at radius 3 is 2.72 bits per heavy atom. The SMILES string of the molecule is O=C(OCC(=O)N1CCCC1c1cccs1)c1ccc(OCC2CCCO2)cc1. The fraction of sp³-hybridized carbons (Fsp3) is 0.455. The van der Waals surface area contributed by atoms with Crippen LogP contribution in [0.2, 0.25) is 0 Å². The number of likely N-dealkylation sites (tertiary alicyclic amines) is 1. The predicted octanol–water partition coefficient (Wildman–Crippen LogP) is 3.83. The third kappa shape index (κ3) is 4.97. The summed E-state index contributed by atoms with van der Waals surface area (Å²) in [6, 6.07) is 10.9. The van der Waals surface area contributed by atoms with E-state index in [0.717, 1.165) is 32.3 Å². The molecule has 2 atom stereocenters. The first-order valence-electron chi connectivity index (χ1n) is 10.0. The third-order valence-corrected chi connectivity index (χ3v) is 6.29. The maximum absolute atomic E-state index is 12.6. The highest BCUT2D eigenvalue weighted by atomic mass is 32.1. The summed E-state index contributed by atoms with van der Waals surface area (Å²) in [5, 5.41) is 2.02. The Kier molecular flexibility index (Phi) is 6.46. The van der Waals surface area contributed by atoms with E-state index in [0.29, 0.717) is 24.5 Å². The molecule has 4 rings (SSSR count). The van der Waals surface area contributed by atoms with E-state index in [4.69, 9.17) is 14.2 Å². The quantitative estimate of drug-likeness (QED) is 0.643. The molecule has 7 heteroatoms. The molecule has 2 aromatic rings. The van der Waals surface area contributed by atoms with Crippen molar-refractivity contribution >= 4 is 23.2 Å². The number of hydrogen-bond acceptors (Lipinski definition) is 6. The van der Waals surface area contributed by atoms with Crippen molar-refractivity contribution in [3.05, 3.63) is 52.2 Å². The van der Waals surface area contributed by atoms with E-state index in [1.54, 1.807) is 35.6 Å². The molecule has 2 unspecified atom stereocenters. The molecule has 1 aromatic carbocycles. The maximum Gasteiger partial charge on any atom is 0.338 e. The molecule has 2 fully saturated rings. The summed E-state index contributed by atoms with van der Waals surface area (Å²) in [5.41, 5.74) is 0.401. The summed E-state index contributed by atoms with van der Waals surface area (Å²) >= 11 is 1.65. The van der Waals surface area contributed by atoms with Gasteiger partial charge in [0, 0.05) is 18.0 Å². The van der Waals surface area contributed by atoms with Gasteiger partial charge in [-0.25, -0.2) is 4.79 Å². The van der Waals surface area contributed by atoms with E-state index in [1.165, 1.54) is 4.88 Å². The van der Waals surface area contributed by atoms with Crippen molar-refractivity contribution in [1.82, 2.24) is 4.90 Å². The van der Waals surface area contributed by atoms with Crippen LogP contribution in [0.3, 0.4) is 0 Å². The molecule has 2 saturated heterocycles. The van der Waals surface area contributed by atoms with Crippen molar-refractivity contribution in [3.63, 3.8) is 0 Å². The molecule has 1 aromatic heterocycles. The average molecular weight is 416 g/mol. The predicted molar refractivity (Wildman–Crippen MR) is 109 cm³/mol. The van der Waals surface area contributed by atoms with Gasteiger partial charge >= 0.3 is 5.97 Å². The second-order valence-electron chi connectivity index (χ2n) is 7.31. The van der Waals surface area contributed by atoms with Crippen molar-refractivity contribution < 1.29 is 23.8 Å². The zero-order valence-electron chi connectivity index (χ0n) is 16.2. The molecular formula is C22H25NO5S. The fourth-order valence-corrected chi connectivity index (χ4v) is 4.66. The van der Waals surface area contributed by atoms with Crippen LogP contribution in [0.1, 0.15) is 47.0 Å². The van der Waals surface area contributed by atoms with Crippen molar-refractivity contribution in [2.24, 2.45) is 0 Å². The van der Waals surface area contributed by atoms with E-state index in [9.17, 15) is 9.59 Å². The molecule has 0 spiro atoms. The van der Waals surface area contributed by atoms with Crippen LogP contribution in [0.25, 0.3) is 0 Å². The minimum absolute atomic E-state index is 0.0986. The first-order chi connectivity index (χ1) is 14.2. The number of benzene rings is 1. The van der Waals surface area contributed by atoms with E-state index in [-0.39, 0.29) is 24.7 Å². The number of thiophene rings is 1. The third-order valence-electron chi connectivity index (χ3n) is 5.32. The Morgan fingerprint density at radius 2 is 2.00 bits per heavy atom. The van der Waals surface area contributed by atoms with Crippen LogP contribution in [0.4, 0.5) is 0 Å². The van der Waals surface area contributed by atoms with Gasteiger partial charge in [0.1, 0.15) is 12.4 Å². The Morgan fingerprint density at radius 1 is 1.14 bits per heavy atom. The van der Waals surface area contributed by atoms with Gasteiger partial charge in [-0.15, -0.1) is 11.3 Å². The van der Waals surface area contributed by atoms with E-state index in [2.05, 4.69) is 6.07 Å². The number of amides is 1. The molecule has 6 nitrogen and oxygen atoms in total. The number of carbonyl (C=O) groups excluding carboxylic acids is 2. The van der Waals surface area contributed by atoms with Crippen LogP contribution < -0.4 is 4.74 Å². The molecular weight excluding hydrogens is 390 g/mol. The van der Waals surface area contributed by atoms with Gasteiger partial charge < -0.3 is 19.1 Å². The van der Waals surface area contributed by atoms with Gasteiger partial charge in [0.2, 0.25) is 0 Å². The van der Waals surface area contributed by atoms with Crippen LogP contribution in [0.15, 0.2) is 41.8 Å². The molecule has 1 amide bonds. The highest BCUT2D eigenvalue weighted by Gasteiger charge is 2.31. The lowest BCUT2D eigenvalue weighted by atomic mass is 10.2. The normalized spacial score (nSPS) is 21.3. The highest BCUT2D eigenvalue weighted by Crippen LogP contribution is 2.34. The monoisotopic (exact) mass is 415 g/mol. The molecule has 0 N–H and O–H groups in total. The van der Waals surface area contributed by atoms with E-state index in [1.807, 2.05) is 16.3 Å². The number of rotatable bonds is 7. The molecule has 2 aliphatic rings. The minimum Gasteiger partial charge on any atom is -0.491 e. The summed E-state index contributed by atoms with van der Waals surface area (Å²) in [4.78, 5) is 27.9. The lowest BCUT2D eigenvalue weighted by Gasteiger charge is -2.23. The van der Waals surface area contributed by atoms with Crippen LogP contribution in [0, 0.1) is 0 Å². The van der Waals surface area contributed by atoms with E-state index >= 15 is 0 Å². The molecule has 0 aliphatic carbocycles. The summed E-state index contributed by atoms with van der Waals surface area (Å²) < 4.78 is 16.5. The molecule has 0 radical (unpaired) electrons. The van der Waals surface area contributed by atoms with Gasteiger partial charge in [-0.05, 0) is 61.4 Å². The Labute approximate surface area is 174 Å². The molecule has 0 bridgehead atoms. The molecule has 3 heterocycles. The van der Waals surface area contributed by atoms with Gasteiger partial charge in [0.05, 0.1) is 17.7 Å². The lowest BCUT2D eigenvalue weighted by molar-refractivity contribution is -0.135. The van der Waals surface area contributed by atoms with Crippen molar-refractivity contribution in [2.75, 3.05) is 26.4 Å². The number of esters is 1. The smallest absolute Gasteiger partial charge is 0.338 e. The topological polar surface area (TPSA) is 65.1 Å². The number of ether oxygens (including phenoxy) is 3. The van der Waals surface area contributed by atoms with Crippen molar-refractivity contribution in [3.8, 4) is 5.75 Å². The van der Waals surface area contributed by atoms with Gasteiger partial charge in [-0.2, -0.15) is 0 Å². The average Bonchev–Trinajstić information content (AvgIpc) is 3.51. The zero-order valence-corrected chi connectivity index (χ0v) is 17.1. The first kappa shape index (κ1) is 19.9. The number of hydrogen-bond donors (Lipinski definition) is 0. The molecule has 2 aliphatic heterocycles. The highest BCUT2D eigenvalue weighted by molar-refractivity contribution is 7.10. The Balaban J connectivity index is 1.26. The minimum atomic E-state index is -0.504. The zero-order chi connectivity index (χ0) is 20.1. The number of nitrogens with zero attached hydrogens (tertiary/aromatic N) is 1. The summed E-state index contributed by atoms with van der Waals surface area (Å²) in [5.74, 6) is 0.0330. The molecule has 154 valence electrons. The van der Waals surface area contributed by atoms with Crippen LogP contribution in [-0.2, 0) is 14.3 Å². The van der Waals surface area contributed by atoms with Gasteiger partial charge in [0.25, 0.3) is 5.91 Å². The summed E-state index contributed by atoms with van der Waals surface area (Å²) in [7, 11) is 0. The largest absolute Gasteiger partial charge is 0.491 e. The second kappa shape index (κ2) is 9.41. The van der Waals surface area contributed by atoms with E-state index < -0.39 is 5.97 Å². The van der Waals surface area contributed by atoms with Crippen molar-refractivity contribution in [2.45, 2.75) is 37.8 Å². The number of carbonyl (C=O) groups is 2. The fourth-order valence-electron chi connectivity index (χ4n) is 3.79. The lowest BCUT2D eigenvalue weighted by Crippen LogP contribution is -2.34. The summed E-state index contributed by atoms with van der Waals surface area (Å²) in [6.45, 7) is 1.77. The van der Waals surface area contributed by atoms with Gasteiger partial charge in [-0.1, -0.05) is 6.07 Å². The summed E-state index contributed by atoms with van der Waals surface area (Å²) in [6.07, 6.45) is 4.16. The van der Waals surface area contributed by atoms with Crippen LogP contribution in [-0.4, -0.2) is 49.2 Å². The van der Waals surface area contributed by atoms with Crippen molar-refractivity contribution in [1.29, 1.82) is 0 Å². The van der Waals surface area contributed by atoms with Crippen LogP contribution in [0.5, 0.6) is 5.75 Å².